The van der Waals surface area contributed by atoms with Crippen molar-refractivity contribution in [3.8, 4) is 11.5 Å². The van der Waals surface area contributed by atoms with Crippen molar-refractivity contribution < 1.29 is 22.7 Å². The van der Waals surface area contributed by atoms with Gasteiger partial charge in [0.05, 0.1) is 19.3 Å². The number of nitrogens with zero attached hydrogens (tertiary/aromatic N) is 1. The Kier molecular flexibility index (Phi) is 7.26. The van der Waals surface area contributed by atoms with Gasteiger partial charge in [0.15, 0.2) is 0 Å². The van der Waals surface area contributed by atoms with Crippen LogP contribution in [0.15, 0.2) is 47.4 Å². The van der Waals surface area contributed by atoms with Gasteiger partial charge in [-0.15, -0.1) is 0 Å². The van der Waals surface area contributed by atoms with E-state index in [1.54, 1.807) is 0 Å². The highest BCUT2D eigenvalue weighted by atomic mass is 32.2. The minimum absolute atomic E-state index is 0.0477. The molecule has 8 heteroatoms. The van der Waals surface area contributed by atoms with Gasteiger partial charge in [-0.3, -0.25) is 4.79 Å². The van der Waals surface area contributed by atoms with Crippen LogP contribution in [-0.2, 0) is 10.0 Å². The number of nitrogens with one attached hydrogen (secondary N) is 1. The molecule has 2 aromatic rings. The third kappa shape index (κ3) is 5.48. The van der Waals surface area contributed by atoms with Gasteiger partial charge in [-0.1, -0.05) is 12.1 Å². The Morgan fingerprint density at radius 1 is 1.07 bits per heavy atom. The highest BCUT2D eigenvalue weighted by Crippen LogP contribution is 2.27. The molecule has 0 spiro atoms. The van der Waals surface area contributed by atoms with Gasteiger partial charge in [0.1, 0.15) is 16.4 Å². The van der Waals surface area contributed by atoms with Crippen molar-refractivity contribution >= 4 is 15.9 Å². The summed E-state index contributed by atoms with van der Waals surface area (Å²) in [7, 11) is 0.478. The van der Waals surface area contributed by atoms with E-state index in [-0.39, 0.29) is 34.3 Å². The van der Waals surface area contributed by atoms with E-state index in [4.69, 9.17) is 9.47 Å². The van der Waals surface area contributed by atoms with Crippen molar-refractivity contribution in [2.75, 3.05) is 21.2 Å². The third-order valence-corrected chi connectivity index (χ3v) is 6.10. The van der Waals surface area contributed by atoms with Crippen molar-refractivity contribution in [2.24, 2.45) is 0 Å². The smallest absolute Gasteiger partial charge is 0.251 e. The Balaban J connectivity index is 2.27. The average Bonchev–Trinajstić information content (AvgIpc) is 2.66. The van der Waals surface area contributed by atoms with Crippen molar-refractivity contribution in [1.82, 2.24) is 9.62 Å². The average molecular weight is 421 g/mol. The van der Waals surface area contributed by atoms with E-state index in [1.165, 1.54) is 39.4 Å². The number of hydrogen-bond donors (Lipinski definition) is 1. The molecule has 0 aliphatic rings. The first-order valence-corrected chi connectivity index (χ1v) is 10.7. The van der Waals surface area contributed by atoms with E-state index >= 15 is 0 Å². The number of benzene rings is 2. The summed E-state index contributed by atoms with van der Waals surface area (Å²) in [5, 5.41) is 2.89. The standard InChI is InChI=1S/C21H28N2O5S/c1-14(2)28-18-9-7-8-16(12-18)15(3)22-21(24)17-10-11-19(27-6)20(13-17)29(25,26)23(4)5/h7-15H,1-6H3,(H,22,24). The zero-order valence-corrected chi connectivity index (χ0v) is 18.4. The first-order valence-electron chi connectivity index (χ1n) is 9.24. The minimum atomic E-state index is -3.76. The molecule has 0 saturated heterocycles. The summed E-state index contributed by atoms with van der Waals surface area (Å²) in [5.74, 6) is 0.523. The van der Waals surface area contributed by atoms with Crippen LogP contribution in [0, 0.1) is 0 Å². The van der Waals surface area contributed by atoms with E-state index < -0.39 is 10.0 Å². The zero-order chi connectivity index (χ0) is 21.8. The highest BCUT2D eigenvalue weighted by Gasteiger charge is 2.24. The number of hydrogen-bond acceptors (Lipinski definition) is 5. The highest BCUT2D eigenvalue weighted by molar-refractivity contribution is 7.89. The lowest BCUT2D eigenvalue weighted by atomic mass is 10.1. The van der Waals surface area contributed by atoms with Crippen LogP contribution >= 0.6 is 0 Å². The summed E-state index contributed by atoms with van der Waals surface area (Å²) in [6.45, 7) is 5.75. The molecular weight excluding hydrogens is 392 g/mol. The van der Waals surface area contributed by atoms with Gasteiger partial charge in [0.25, 0.3) is 5.91 Å². The molecule has 0 bridgehead atoms. The molecule has 0 radical (unpaired) electrons. The molecule has 1 unspecified atom stereocenters. The second-order valence-electron chi connectivity index (χ2n) is 7.09. The first kappa shape index (κ1) is 22.7. The number of methoxy groups -OCH3 is 1. The van der Waals surface area contributed by atoms with Crippen LogP contribution in [0.5, 0.6) is 11.5 Å². The maximum Gasteiger partial charge on any atom is 0.251 e. The molecule has 0 aliphatic heterocycles. The van der Waals surface area contributed by atoms with Crippen LogP contribution < -0.4 is 14.8 Å². The molecule has 2 rings (SSSR count). The number of rotatable bonds is 8. The maximum absolute atomic E-state index is 12.7. The number of amides is 1. The molecule has 0 saturated carbocycles. The molecule has 0 aromatic heterocycles. The first-order chi connectivity index (χ1) is 13.6. The van der Waals surface area contributed by atoms with Crippen LogP contribution in [0.25, 0.3) is 0 Å². The minimum Gasteiger partial charge on any atom is -0.495 e. The Morgan fingerprint density at radius 3 is 2.34 bits per heavy atom. The van der Waals surface area contributed by atoms with Gasteiger partial charge in [0, 0.05) is 19.7 Å². The van der Waals surface area contributed by atoms with Gasteiger partial charge in [-0.2, -0.15) is 0 Å². The largest absolute Gasteiger partial charge is 0.495 e. The van der Waals surface area contributed by atoms with Gasteiger partial charge < -0.3 is 14.8 Å². The van der Waals surface area contributed by atoms with Crippen molar-refractivity contribution in [3.05, 3.63) is 53.6 Å². The van der Waals surface area contributed by atoms with Crippen molar-refractivity contribution in [3.63, 3.8) is 0 Å². The summed E-state index contributed by atoms with van der Waals surface area (Å²) in [6, 6.07) is 11.5. The molecule has 158 valence electrons. The fourth-order valence-electron chi connectivity index (χ4n) is 2.71. The van der Waals surface area contributed by atoms with E-state index in [9.17, 15) is 13.2 Å². The Hall–Kier alpha value is -2.58. The SMILES string of the molecule is COc1ccc(C(=O)NC(C)c2cccc(OC(C)C)c2)cc1S(=O)(=O)N(C)C. The van der Waals surface area contributed by atoms with Gasteiger partial charge in [0.2, 0.25) is 10.0 Å². The molecule has 29 heavy (non-hydrogen) atoms. The normalized spacial score (nSPS) is 12.7. The van der Waals surface area contributed by atoms with Gasteiger partial charge in [-0.05, 0) is 56.7 Å². The molecule has 0 fully saturated rings. The Bertz CT molecular complexity index is 971. The van der Waals surface area contributed by atoms with Gasteiger partial charge in [-0.25, -0.2) is 12.7 Å². The van der Waals surface area contributed by atoms with Crippen LogP contribution in [0.2, 0.25) is 0 Å². The maximum atomic E-state index is 12.7. The quantitative estimate of drug-likeness (QED) is 0.709. The zero-order valence-electron chi connectivity index (χ0n) is 17.6. The second-order valence-corrected chi connectivity index (χ2v) is 9.21. The predicted molar refractivity (Wildman–Crippen MR) is 112 cm³/mol. The van der Waals surface area contributed by atoms with Crippen LogP contribution in [0.4, 0.5) is 0 Å². The Morgan fingerprint density at radius 2 is 1.76 bits per heavy atom. The summed E-state index contributed by atoms with van der Waals surface area (Å²) in [6.07, 6.45) is 0.0477. The third-order valence-electron chi connectivity index (χ3n) is 4.26. The fourth-order valence-corrected chi connectivity index (χ4v) is 3.78. The number of carbonyl (C=O) groups excluding carboxylic acids is 1. The summed E-state index contributed by atoms with van der Waals surface area (Å²) in [4.78, 5) is 12.7. The summed E-state index contributed by atoms with van der Waals surface area (Å²) >= 11 is 0. The molecule has 2 aromatic carbocycles. The van der Waals surface area contributed by atoms with E-state index in [2.05, 4.69) is 5.32 Å². The molecule has 0 heterocycles. The molecule has 1 N–H and O–H groups in total. The molecule has 7 nitrogen and oxygen atoms in total. The van der Waals surface area contributed by atoms with Crippen LogP contribution in [0.3, 0.4) is 0 Å². The number of sulfonamides is 1. The lowest BCUT2D eigenvalue weighted by molar-refractivity contribution is 0.0939. The topological polar surface area (TPSA) is 84.9 Å². The van der Waals surface area contributed by atoms with E-state index in [0.29, 0.717) is 0 Å². The summed E-state index contributed by atoms with van der Waals surface area (Å²) in [5.41, 5.74) is 1.11. The van der Waals surface area contributed by atoms with Crippen molar-refractivity contribution in [1.29, 1.82) is 0 Å². The number of ether oxygens (including phenoxy) is 2. The Labute approximate surface area is 172 Å². The van der Waals surface area contributed by atoms with Crippen LogP contribution in [0.1, 0.15) is 42.7 Å². The predicted octanol–water partition coefficient (Wildman–Crippen LogP) is 3.22. The molecule has 0 aliphatic carbocycles. The molecule has 1 atom stereocenters. The monoisotopic (exact) mass is 420 g/mol. The number of carbonyl (C=O) groups is 1. The van der Waals surface area contributed by atoms with Gasteiger partial charge >= 0.3 is 0 Å². The lowest BCUT2D eigenvalue weighted by Gasteiger charge is -2.18. The van der Waals surface area contributed by atoms with E-state index in [0.717, 1.165) is 15.6 Å². The lowest BCUT2D eigenvalue weighted by Crippen LogP contribution is -2.27. The fraction of sp³-hybridized carbons (Fsp3) is 0.381. The van der Waals surface area contributed by atoms with E-state index in [1.807, 2.05) is 45.0 Å². The van der Waals surface area contributed by atoms with Crippen LogP contribution in [-0.4, -0.2) is 45.9 Å². The molecular formula is C21H28N2O5S. The second kappa shape index (κ2) is 9.28. The van der Waals surface area contributed by atoms with Crippen molar-refractivity contribution in [2.45, 2.75) is 37.8 Å². The summed E-state index contributed by atoms with van der Waals surface area (Å²) < 4.78 is 37.0. The molecule has 1 amide bonds.